The summed E-state index contributed by atoms with van der Waals surface area (Å²) >= 11 is 6.57. The van der Waals surface area contributed by atoms with E-state index >= 15 is 0 Å². The first-order chi connectivity index (χ1) is 16.6. The van der Waals surface area contributed by atoms with E-state index in [9.17, 15) is 5.11 Å². The van der Waals surface area contributed by atoms with E-state index in [4.69, 9.17) is 16.7 Å². The normalized spacial score (nSPS) is 14.7. The number of rotatable bonds is 7. The van der Waals surface area contributed by atoms with Gasteiger partial charge in [-0.25, -0.2) is 4.98 Å². The lowest BCUT2D eigenvalue weighted by Gasteiger charge is -2.31. The summed E-state index contributed by atoms with van der Waals surface area (Å²) in [7, 11) is 0. The van der Waals surface area contributed by atoms with Gasteiger partial charge in [0.25, 0.3) is 0 Å². The van der Waals surface area contributed by atoms with E-state index in [-0.39, 0.29) is 6.61 Å². The van der Waals surface area contributed by atoms with Crippen LogP contribution in [0.25, 0.3) is 22.6 Å². The van der Waals surface area contributed by atoms with Gasteiger partial charge in [-0.15, -0.1) is 0 Å². The van der Waals surface area contributed by atoms with Crippen molar-refractivity contribution in [2.45, 2.75) is 25.5 Å². The average molecular weight is 474 g/mol. The molecule has 3 N–H and O–H groups in total. The zero-order valence-electron chi connectivity index (χ0n) is 18.9. The number of aromatic amines is 1. The molecule has 0 saturated carbocycles. The summed E-state index contributed by atoms with van der Waals surface area (Å²) in [5.74, 6) is 0.763. The van der Waals surface area contributed by atoms with Crippen molar-refractivity contribution in [2.24, 2.45) is 0 Å². The van der Waals surface area contributed by atoms with E-state index in [1.165, 1.54) is 22.3 Å². The van der Waals surface area contributed by atoms with Gasteiger partial charge in [-0.05, 0) is 52.8 Å². The maximum atomic E-state index is 9.81. The Morgan fingerprint density at radius 2 is 1.91 bits per heavy atom. The zero-order chi connectivity index (χ0) is 23.5. The Bertz CT molecular complexity index is 1270. The number of aromatic nitrogens is 2. The van der Waals surface area contributed by atoms with Gasteiger partial charge in [-0.2, -0.15) is 0 Å². The molecule has 1 aliphatic rings. The van der Waals surface area contributed by atoms with Gasteiger partial charge in [-0.1, -0.05) is 66.2 Å². The lowest BCUT2D eigenvalue weighted by Crippen LogP contribution is -2.38. The number of benzene rings is 3. The van der Waals surface area contributed by atoms with E-state index < -0.39 is 6.10 Å². The zero-order valence-corrected chi connectivity index (χ0v) is 19.7. The van der Waals surface area contributed by atoms with Crippen LogP contribution >= 0.6 is 11.6 Å². The second-order valence-electron chi connectivity index (χ2n) is 8.88. The Labute approximate surface area is 204 Å². The molecule has 0 radical (unpaired) electrons. The van der Waals surface area contributed by atoms with Gasteiger partial charge in [0.1, 0.15) is 5.82 Å². The van der Waals surface area contributed by atoms with E-state index in [2.05, 4.69) is 57.3 Å². The van der Waals surface area contributed by atoms with E-state index in [1.54, 1.807) is 0 Å². The molecule has 0 amide bonds. The van der Waals surface area contributed by atoms with Gasteiger partial charge >= 0.3 is 0 Å². The molecule has 174 valence electrons. The highest BCUT2D eigenvalue weighted by Gasteiger charge is 2.21. The highest BCUT2D eigenvalue weighted by molar-refractivity contribution is 6.33. The Morgan fingerprint density at radius 3 is 2.74 bits per heavy atom. The van der Waals surface area contributed by atoms with Crippen molar-refractivity contribution in [3.63, 3.8) is 0 Å². The van der Waals surface area contributed by atoms with Gasteiger partial charge < -0.3 is 15.2 Å². The van der Waals surface area contributed by atoms with Crippen LogP contribution in [-0.4, -0.2) is 50.9 Å². The lowest BCUT2D eigenvalue weighted by atomic mass is 9.90. The highest BCUT2D eigenvalue weighted by Crippen LogP contribution is 2.31. The fourth-order valence-electron chi connectivity index (χ4n) is 4.73. The van der Waals surface area contributed by atoms with Crippen LogP contribution in [0, 0.1) is 0 Å². The van der Waals surface area contributed by atoms with Gasteiger partial charge in [0.2, 0.25) is 0 Å². The van der Waals surface area contributed by atoms with E-state index in [0.717, 1.165) is 48.6 Å². The second kappa shape index (κ2) is 10.1. The molecule has 0 spiro atoms. The summed E-state index contributed by atoms with van der Waals surface area (Å²) in [6.45, 7) is 1.96. The molecule has 2 heterocycles. The third-order valence-corrected chi connectivity index (χ3v) is 6.79. The first kappa shape index (κ1) is 22.8. The molecule has 0 bridgehead atoms. The van der Waals surface area contributed by atoms with Crippen molar-refractivity contribution in [3.8, 4) is 22.6 Å². The molecule has 0 aliphatic carbocycles. The number of nitrogens with one attached hydrogen (secondary N) is 1. The molecule has 1 atom stereocenters. The second-order valence-corrected chi connectivity index (χ2v) is 9.29. The van der Waals surface area contributed by atoms with E-state index in [1.807, 2.05) is 30.5 Å². The number of nitrogens with zero attached hydrogens (tertiary/aromatic N) is 2. The summed E-state index contributed by atoms with van der Waals surface area (Å²) in [6, 6.07) is 22.8. The Hall–Kier alpha value is -2.96. The Morgan fingerprint density at radius 1 is 1.06 bits per heavy atom. The standard InChI is InChI=1S/C28H28ClN3O2/c29-26-10-9-19(14-25(26)28-30-15-27(31-28)20-5-2-1-3-6-20)13-21-7-4-8-22-16-32(12-11-24(21)22)17-23(34)18-33/h1-10,14-15,23,33-34H,11-13,16-18H2,(H,30,31)/t23-/m0/s1. The maximum absolute atomic E-state index is 9.81. The van der Waals surface area contributed by atoms with Crippen LogP contribution < -0.4 is 0 Å². The number of fused-ring (bicyclic) bond motifs is 1. The summed E-state index contributed by atoms with van der Waals surface area (Å²) in [5.41, 5.74) is 8.13. The predicted octanol–water partition coefficient (Wildman–Crippen LogP) is 4.70. The SMILES string of the molecule is OC[C@@H](O)CN1CCc2c(Cc3ccc(Cl)c(-c4ncc(-c5ccccc5)[nH]4)c3)cccc2C1. The topological polar surface area (TPSA) is 72.4 Å². The number of β-amino-alcohol motifs (C(OH)–C–C–N with tert-alkyl or cyclic N) is 1. The van der Waals surface area contributed by atoms with Crippen LogP contribution in [0.1, 0.15) is 22.3 Å². The monoisotopic (exact) mass is 473 g/mol. The van der Waals surface area contributed by atoms with Crippen molar-refractivity contribution in [2.75, 3.05) is 19.7 Å². The van der Waals surface area contributed by atoms with Crippen molar-refractivity contribution in [1.82, 2.24) is 14.9 Å². The molecule has 5 nitrogen and oxygen atoms in total. The largest absolute Gasteiger partial charge is 0.394 e. The average Bonchev–Trinajstić information content (AvgIpc) is 3.36. The van der Waals surface area contributed by atoms with Crippen molar-refractivity contribution >= 4 is 11.6 Å². The molecule has 0 saturated heterocycles. The van der Waals surface area contributed by atoms with Crippen molar-refractivity contribution < 1.29 is 10.2 Å². The third kappa shape index (κ3) is 4.93. The molecular formula is C28H28ClN3O2. The highest BCUT2D eigenvalue weighted by atomic mass is 35.5. The summed E-state index contributed by atoms with van der Waals surface area (Å²) < 4.78 is 0. The molecule has 3 aromatic carbocycles. The summed E-state index contributed by atoms with van der Waals surface area (Å²) in [4.78, 5) is 10.2. The van der Waals surface area contributed by atoms with Crippen molar-refractivity contribution in [1.29, 1.82) is 0 Å². The van der Waals surface area contributed by atoms with Crippen LogP contribution in [0.15, 0.2) is 72.9 Å². The lowest BCUT2D eigenvalue weighted by molar-refractivity contribution is 0.0550. The smallest absolute Gasteiger partial charge is 0.139 e. The number of H-pyrrole nitrogens is 1. The number of hydrogen-bond donors (Lipinski definition) is 3. The van der Waals surface area contributed by atoms with Gasteiger partial charge in [0.05, 0.1) is 29.6 Å². The minimum absolute atomic E-state index is 0.204. The molecular weight excluding hydrogens is 446 g/mol. The predicted molar refractivity (Wildman–Crippen MR) is 136 cm³/mol. The minimum atomic E-state index is -0.693. The third-order valence-electron chi connectivity index (χ3n) is 6.46. The fourth-order valence-corrected chi connectivity index (χ4v) is 4.94. The van der Waals surface area contributed by atoms with Gasteiger partial charge in [0.15, 0.2) is 0 Å². The molecule has 6 heteroatoms. The van der Waals surface area contributed by atoms with Crippen molar-refractivity contribution in [3.05, 3.63) is 100 Å². The van der Waals surface area contributed by atoms with Crippen LogP contribution in [0.2, 0.25) is 5.02 Å². The molecule has 1 aromatic heterocycles. The number of imidazole rings is 1. The van der Waals surface area contributed by atoms with Gasteiger partial charge in [-0.3, -0.25) is 4.90 Å². The van der Waals surface area contributed by atoms with Crippen LogP contribution in [0.5, 0.6) is 0 Å². The Kier molecular flexibility index (Phi) is 6.79. The van der Waals surface area contributed by atoms with Crippen LogP contribution in [0.3, 0.4) is 0 Å². The maximum Gasteiger partial charge on any atom is 0.139 e. The molecule has 0 unspecified atom stereocenters. The first-order valence-electron chi connectivity index (χ1n) is 11.6. The summed E-state index contributed by atoms with van der Waals surface area (Å²) in [6.07, 6.45) is 2.91. The van der Waals surface area contributed by atoms with Crippen LogP contribution in [0.4, 0.5) is 0 Å². The quantitative estimate of drug-likeness (QED) is 0.364. The van der Waals surface area contributed by atoms with Crippen LogP contribution in [-0.2, 0) is 19.4 Å². The minimum Gasteiger partial charge on any atom is -0.394 e. The fraction of sp³-hybridized carbons (Fsp3) is 0.250. The molecule has 4 aromatic rings. The molecule has 34 heavy (non-hydrogen) atoms. The molecule has 0 fully saturated rings. The van der Waals surface area contributed by atoms with E-state index in [0.29, 0.717) is 11.6 Å². The first-order valence-corrected chi connectivity index (χ1v) is 12.0. The van der Waals surface area contributed by atoms with Gasteiger partial charge in [0, 0.05) is 25.2 Å². The molecule has 5 rings (SSSR count). The number of aliphatic hydroxyl groups excluding tert-OH is 2. The molecule has 1 aliphatic heterocycles. The number of halogens is 1. The summed E-state index contributed by atoms with van der Waals surface area (Å²) in [5, 5.41) is 19.6. The number of hydrogen-bond acceptors (Lipinski definition) is 4. The Balaban J connectivity index is 1.38. The number of aliphatic hydroxyl groups is 2.